The zero-order chi connectivity index (χ0) is 10.6. The van der Waals surface area contributed by atoms with Crippen LogP contribution in [0.2, 0.25) is 0 Å². The summed E-state index contributed by atoms with van der Waals surface area (Å²) in [7, 11) is 0. The predicted octanol–water partition coefficient (Wildman–Crippen LogP) is 2.83. The molecule has 0 fully saturated rings. The summed E-state index contributed by atoms with van der Waals surface area (Å²) < 4.78 is 0. The first-order valence-corrected chi connectivity index (χ1v) is 5.09. The number of hydrogen-bond donors (Lipinski definition) is 0. The summed E-state index contributed by atoms with van der Waals surface area (Å²) >= 11 is 1.52. The van der Waals surface area contributed by atoms with E-state index in [9.17, 15) is 0 Å². The fraction of sp³-hybridized carbons (Fsp3) is 0.300. The summed E-state index contributed by atoms with van der Waals surface area (Å²) in [5.41, 5.74) is 0.626. The van der Waals surface area contributed by atoms with Gasteiger partial charge in [-0.2, -0.15) is 5.26 Å². The van der Waals surface area contributed by atoms with Crippen molar-refractivity contribution in [3.8, 4) is 6.07 Å². The van der Waals surface area contributed by atoms with Gasteiger partial charge in [-0.3, -0.25) is 4.84 Å². The summed E-state index contributed by atoms with van der Waals surface area (Å²) in [5, 5.41) is 11.2. The molecule has 1 heterocycles. The highest BCUT2D eigenvalue weighted by molar-refractivity contribution is 7.16. The quantitative estimate of drug-likeness (QED) is 0.714. The van der Waals surface area contributed by atoms with Crippen molar-refractivity contribution in [2.75, 3.05) is 11.7 Å². The topological polar surface area (TPSA) is 36.3 Å². The Morgan fingerprint density at radius 1 is 1.79 bits per heavy atom. The van der Waals surface area contributed by atoms with Crippen LogP contribution in [0.25, 0.3) is 0 Å². The molecule has 0 aromatic carbocycles. The van der Waals surface area contributed by atoms with Gasteiger partial charge in [0.2, 0.25) is 0 Å². The molecule has 0 bridgehead atoms. The van der Waals surface area contributed by atoms with Gasteiger partial charge in [-0.15, -0.1) is 11.3 Å². The van der Waals surface area contributed by atoms with Crippen molar-refractivity contribution in [2.45, 2.75) is 13.8 Å². The number of aryl methyl sites for hydroxylation is 1. The number of nitriles is 1. The highest BCUT2D eigenvalue weighted by atomic mass is 32.1. The van der Waals surface area contributed by atoms with Crippen LogP contribution in [-0.4, -0.2) is 6.61 Å². The Labute approximate surface area is 87.8 Å². The van der Waals surface area contributed by atoms with Crippen molar-refractivity contribution in [1.82, 2.24) is 0 Å². The second-order valence-corrected chi connectivity index (χ2v) is 3.85. The number of hydroxylamine groups is 1. The van der Waals surface area contributed by atoms with Crippen LogP contribution >= 0.6 is 11.3 Å². The third kappa shape index (κ3) is 2.13. The van der Waals surface area contributed by atoms with Crippen LogP contribution < -0.4 is 5.06 Å². The van der Waals surface area contributed by atoms with Gasteiger partial charge in [0.25, 0.3) is 0 Å². The lowest BCUT2D eigenvalue weighted by atomic mass is 10.3. The molecule has 0 atom stereocenters. The molecule has 0 aliphatic carbocycles. The van der Waals surface area contributed by atoms with Gasteiger partial charge in [0, 0.05) is 11.1 Å². The lowest BCUT2D eigenvalue weighted by Gasteiger charge is -2.16. The third-order valence-corrected chi connectivity index (χ3v) is 2.62. The first kappa shape index (κ1) is 10.8. The Bertz CT molecular complexity index is 365. The van der Waals surface area contributed by atoms with E-state index in [0.29, 0.717) is 12.2 Å². The molecule has 1 aromatic heterocycles. The van der Waals surface area contributed by atoms with Crippen molar-refractivity contribution >= 4 is 16.3 Å². The minimum Gasteiger partial charge on any atom is -0.269 e. The highest BCUT2D eigenvalue weighted by Crippen LogP contribution is 2.30. The number of thiophene rings is 1. The smallest absolute Gasteiger partial charge is 0.139 e. The molecule has 1 rings (SSSR count). The molecule has 3 nitrogen and oxygen atoms in total. The Hall–Kier alpha value is -1.31. The molecule has 74 valence electrons. The maximum absolute atomic E-state index is 8.88. The largest absolute Gasteiger partial charge is 0.269 e. The van der Waals surface area contributed by atoms with Gasteiger partial charge < -0.3 is 0 Å². The van der Waals surface area contributed by atoms with E-state index in [1.54, 1.807) is 6.20 Å². The van der Waals surface area contributed by atoms with Crippen molar-refractivity contribution in [3.05, 3.63) is 29.3 Å². The molecule has 14 heavy (non-hydrogen) atoms. The van der Waals surface area contributed by atoms with Crippen LogP contribution in [0.4, 0.5) is 5.00 Å². The molecule has 0 aliphatic heterocycles. The Morgan fingerprint density at radius 2 is 2.50 bits per heavy atom. The van der Waals surface area contributed by atoms with Gasteiger partial charge in [-0.25, -0.2) is 5.06 Å². The summed E-state index contributed by atoms with van der Waals surface area (Å²) in [6, 6.07) is 3.97. The van der Waals surface area contributed by atoms with E-state index in [2.05, 4.69) is 12.6 Å². The molecule has 1 aromatic rings. The first-order chi connectivity index (χ1) is 6.72. The zero-order valence-electron chi connectivity index (χ0n) is 8.28. The zero-order valence-corrected chi connectivity index (χ0v) is 9.10. The number of nitrogens with zero attached hydrogens (tertiary/aromatic N) is 2. The number of hydrogen-bond acceptors (Lipinski definition) is 4. The molecule has 0 saturated carbocycles. The van der Waals surface area contributed by atoms with Gasteiger partial charge >= 0.3 is 0 Å². The SMILES string of the molecule is C=CN(OCC)c1sc(C)cc1C#N. The number of rotatable bonds is 4. The minimum absolute atomic E-state index is 0.549. The van der Waals surface area contributed by atoms with E-state index in [4.69, 9.17) is 10.1 Å². The third-order valence-electron chi connectivity index (χ3n) is 1.59. The minimum atomic E-state index is 0.549. The molecule has 0 N–H and O–H groups in total. The fourth-order valence-corrected chi connectivity index (χ4v) is 1.99. The maximum atomic E-state index is 8.88. The van der Waals surface area contributed by atoms with Gasteiger partial charge in [-0.05, 0) is 19.9 Å². The fourth-order valence-electron chi connectivity index (χ4n) is 1.08. The molecule has 0 spiro atoms. The Kier molecular flexibility index (Phi) is 3.69. The van der Waals surface area contributed by atoms with E-state index in [1.807, 2.05) is 19.9 Å². The lowest BCUT2D eigenvalue weighted by molar-refractivity contribution is 0.147. The lowest BCUT2D eigenvalue weighted by Crippen LogP contribution is -2.15. The summed E-state index contributed by atoms with van der Waals surface area (Å²) in [6.07, 6.45) is 1.57. The molecule has 0 saturated heterocycles. The van der Waals surface area contributed by atoms with Crippen molar-refractivity contribution in [3.63, 3.8) is 0 Å². The van der Waals surface area contributed by atoms with E-state index >= 15 is 0 Å². The van der Waals surface area contributed by atoms with Gasteiger partial charge in [0.15, 0.2) is 0 Å². The van der Waals surface area contributed by atoms with Crippen LogP contribution in [0.15, 0.2) is 18.8 Å². The average Bonchev–Trinajstić information content (AvgIpc) is 2.55. The number of anilines is 1. The molecule has 0 radical (unpaired) electrons. The normalized spacial score (nSPS) is 9.50. The van der Waals surface area contributed by atoms with Crippen LogP contribution in [0.1, 0.15) is 17.4 Å². The van der Waals surface area contributed by atoms with Gasteiger partial charge in [0.05, 0.1) is 12.2 Å². The summed E-state index contributed by atoms with van der Waals surface area (Å²) in [6.45, 7) is 8.04. The van der Waals surface area contributed by atoms with E-state index in [0.717, 1.165) is 9.88 Å². The Balaban J connectivity index is 3.03. The van der Waals surface area contributed by atoms with Crippen molar-refractivity contribution < 1.29 is 4.84 Å². The summed E-state index contributed by atoms with van der Waals surface area (Å²) in [5.74, 6) is 0. The standard InChI is InChI=1S/C10H12N2OS/c1-4-12(13-5-2)10-9(7-11)6-8(3)14-10/h4,6H,1,5H2,2-3H3. The van der Waals surface area contributed by atoms with E-state index in [-0.39, 0.29) is 0 Å². The molecule has 0 amide bonds. The van der Waals surface area contributed by atoms with E-state index in [1.165, 1.54) is 16.4 Å². The Morgan fingerprint density at radius 3 is 3.00 bits per heavy atom. The highest BCUT2D eigenvalue weighted by Gasteiger charge is 2.12. The molecule has 4 heteroatoms. The first-order valence-electron chi connectivity index (χ1n) is 4.28. The van der Waals surface area contributed by atoms with Crippen molar-refractivity contribution in [1.29, 1.82) is 5.26 Å². The van der Waals surface area contributed by atoms with Gasteiger partial charge in [0.1, 0.15) is 11.1 Å². The molecule has 0 aliphatic rings. The summed E-state index contributed by atoms with van der Waals surface area (Å²) in [4.78, 5) is 6.39. The van der Waals surface area contributed by atoms with Crippen LogP contribution in [0.5, 0.6) is 0 Å². The van der Waals surface area contributed by atoms with E-state index < -0.39 is 0 Å². The second-order valence-electron chi connectivity index (χ2n) is 2.61. The second kappa shape index (κ2) is 4.80. The predicted molar refractivity (Wildman–Crippen MR) is 58.1 cm³/mol. The van der Waals surface area contributed by atoms with Gasteiger partial charge in [-0.1, -0.05) is 6.58 Å². The maximum Gasteiger partial charge on any atom is 0.139 e. The molecular weight excluding hydrogens is 196 g/mol. The average molecular weight is 208 g/mol. The van der Waals surface area contributed by atoms with Crippen LogP contribution in [-0.2, 0) is 4.84 Å². The molecule has 0 unspecified atom stereocenters. The monoisotopic (exact) mass is 208 g/mol. The van der Waals surface area contributed by atoms with Crippen molar-refractivity contribution in [2.24, 2.45) is 0 Å². The van der Waals surface area contributed by atoms with Crippen LogP contribution in [0.3, 0.4) is 0 Å². The van der Waals surface area contributed by atoms with Crippen LogP contribution in [0, 0.1) is 18.3 Å². The molecular formula is C10H12N2OS.